The Morgan fingerprint density at radius 1 is 0.905 bits per heavy atom. The SMILES string of the molecule is OCCc1ccc(NCc2ccc3c(c2)OCCO3)cc1. The highest BCUT2D eigenvalue weighted by Crippen LogP contribution is 2.30. The normalized spacial score (nSPS) is 13.0. The number of hydrogen-bond acceptors (Lipinski definition) is 4. The predicted molar refractivity (Wildman–Crippen MR) is 82.0 cm³/mol. The fourth-order valence-electron chi connectivity index (χ4n) is 2.32. The molecule has 0 saturated carbocycles. The van der Waals surface area contributed by atoms with Gasteiger partial charge in [-0.15, -0.1) is 0 Å². The first-order chi connectivity index (χ1) is 10.3. The summed E-state index contributed by atoms with van der Waals surface area (Å²) < 4.78 is 11.1. The van der Waals surface area contributed by atoms with E-state index in [4.69, 9.17) is 14.6 Å². The fraction of sp³-hybridized carbons (Fsp3) is 0.294. The lowest BCUT2D eigenvalue weighted by molar-refractivity contribution is 0.171. The van der Waals surface area contributed by atoms with Gasteiger partial charge in [0.2, 0.25) is 0 Å². The van der Waals surface area contributed by atoms with E-state index in [1.807, 2.05) is 42.5 Å². The van der Waals surface area contributed by atoms with Crippen LogP contribution in [0.5, 0.6) is 11.5 Å². The molecule has 3 rings (SSSR count). The van der Waals surface area contributed by atoms with E-state index in [0.29, 0.717) is 19.6 Å². The van der Waals surface area contributed by atoms with Gasteiger partial charge in [0.25, 0.3) is 0 Å². The van der Waals surface area contributed by atoms with Crippen LogP contribution in [0.3, 0.4) is 0 Å². The minimum atomic E-state index is 0.184. The average molecular weight is 285 g/mol. The van der Waals surface area contributed by atoms with Crippen molar-refractivity contribution in [3.8, 4) is 11.5 Å². The van der Waals surface area contributed by atoms with E-state index in [1.165, 1.54) is 0 Å². The van der Waals surface area contributed by atoms with Gasteiger partial charge in [0.1, 0.15) is 13.2 Å². The quantitative estimate of drug-likeness (QED) is 0.886. The second-order valence-corrected chi connectivity index (χ2v) is 5.00. The average Bonchev–Trinajstić information content (AvgIpc) is 2.54. The maximum absolute atomic E-state index is 8.90. The number of nitrogens with one attached hydrogen (secondary N) is 1. The minimum absolute atomic E-state index is 0.184. The Hall–Kier alpha value is -2.20. The van der Waals surface area contributed by atoms with E-state index in [2.05, 4.69) is 5.32 Å². The molecule has 2 aromatic carbocycles. The summed E-state index contributed by atoms with van der Waals surface area (Å²) in [6.45, 7) is 2.14. The van der Waals surface area contributed by atoms with Crippen molar-refractivity contribution in [1.29, 1.82) is 0 Å². The number of anilines is 1. The third-order valence-electron chi connectivity index (χ3n) is 3.46. The summed E-state index contributed by atoms with van der Waals surface area (Å²) in [6, 6.07) is 14.1. The minimum Gasteiger partial charge on any atom is -0.486 e. The Bertz CT molecular complexity index is 595. The molecule has 1 heterocycles. The summed E-state index contributed by atoms with van der Waals surface area (Å²) in [5.41, 5.74) is 3.35. The van der Waals surface area contributed by atoms with Gasteiger partial charge in [-0.1, -0.05) is 18.2 Å². The topological polar surface area (TPSA) is 50.7 Å². The van der Waals surface area contributed by atoms with Gasteiger partial charge in [0.15, 0.2) is 11.5 Å². The molecule has 21 heavy (non-hydrogen) atoms. The van der Waals surface area contributed by atoms with Crippen molar-refractivity contribution in [2.24, 2.45) is 0 Å². The largest absolute Gasteiger partial charge is 0.486 e. The van der Waals surface area contributed by atoms with Crippen molar-refractivity contribution in [2.45, 2.75) is 13.0 Å². The molecular formula is C17H19NO3. The molecule has 1 aliphatic heterocycles. The molecule has 0 unspecified atom stereocenters. The monoisotopic (exact) mass is 285 g/mol. The molecule has 0 amide bonds. The van der Waals surface area contributed by atoms with Crippen LogP contribution < -0.4 is 14.8 Å². The van der Waals surface area contributed by atoms with Gasteiger partial charge in [-0.3, -0.25) is 0 Å². The third-order valence-corrected chi connectivity index (χ3v) is 3.46. The Labute approximate surface area is 124 Å². The van der Waals surface area contributed by atoms with E-state index >= 15 is 0 Å². The van der Waals surface area contributed by atoms with Crippen LogP contribution in [0.1, 0.15) is 11.1 Å². The molecule has 4 heteroatoms. The molecule has 0 fully saturated rings. The number of aliphatic hydroxyl groups excluding tert-OH is 1. The molecule has 0 saturated heterocycles. The maximum atomic E-state index is 8.90. The van der Waals surface area contributed by atoms with Crippen molar-refractivity contribution >= 4 is 5.69 Å². The van der Waals surface area contributed by atoms with Crippen molar-refractivity contribution in [3.63, 3.8) is 0 Å². The zero-order valence-corrected chi connectivity index (χ0v) is 11.8. The van der Waals surface area contributed by atoms with Crippen LogP contribution in [0.15, 0.2) is 42.5 Å². The summed E-state index contributed by atoms with van der Waals surface area (Å²) in [5, 5.41) is 12.3. The summed E-state index contributed by atoms with van der Waals surface area (Å²) in [6.07, 6.45) is 0.697. The van der Waals surface area contributed by atoms with Crippen LogP contribution in [-0.2, 0) is 13.0 Å². The zero-order valence-electron chi connectivity index (χ0n) is 11.8. The van der Waals surface area contributed by atoms with Gasteiger partial charge in [-0.05, 0) is 41.8 Å². The molecule has 0 aromatic heterocycles. The van der Waals surface area contributed by atoms with E-state index in [0.717, 1.165) is 34.9 Å². The zero-order chi connectivity index (χ0) is 14.5. The Kier molecular flexibility index (Phi) is 4.26. The third kappa shape index (κ3) is 3.47. The van der Waals surface area contributed by atoms with Gasteiger partial charge >= 0.3 is 0 Å². The molecule has 0 spiro atoms. The molecule has 2 aromatic rings. The maximum Gasteiger partial charge on any atom is 0.161 e. The summed E-state index contributed by atoms with van der Waals surface area (Å²) >= 11 is 0. The van der Waals surface area contributed by atoms with Gasteiger partial charge in [-0.2, -0.15) is 0 Å². The first kappa shape index (κ1) is 13.8. The molecule has 1 aliphatic rings. The van der Waals surface area contributed by atoms with Crippen LogP contribution in [0.4, 0.5) is 5.69 Å². The molecule has 0 bridgehead atoms. The summed E-state index contributed by atoms with van der Waals surface area (Å²) in [5.74, 6) is 1.64. The Morgan fingerprint density at radius 2 is 1.62 bits per heavy atom. The fourth-order valence-corrected chi connectivity index (χ4v) is 2.32. The van der Waals surface area contributed by atoms with Crippen molar-refractivity contribution in [3.05, 3.63) is 53.6 Å². The summed E-state index contributed by atoms with van der Waals surface area (Å²) in [7, 11) is 0. The molecule has 2 N–H and O–H groups in total. The second kappa shape index (κ2) is 6.50. The highest BCUT2D eigenvalue weighted by molar-refractivity contribution is 5.48. The predicted octanol–water partition coefficient (Wildman–Crippen LogP) is 2.60. The Morgan fingerprint density at radius 3 is 2.38 bits per heavy atom. The molecular weight excluding hydrogens is 266 g/mol. The number of rotatable bonds is 5. The van der Waals surface area contributed by atoms with Crippen molar-refractivity contribution < 1.29 is 14.6 Å². The first-order valence-electron chi connectivity index (χ1n) is 7.17. The van der Waals surface area contributed by atoms with E-state index in [-0.39, 0.29) is 6.61 Å². The molecule has 4 nitrogen and oxygen atoms in total. The smallest absolute Gasteiger partial charge is 0.161 e. The van der Waals surface area contributed by atoms with Gasteiger partial charge in [0.05, 0.1) is 0 Å². The van der Waals surface area contributed by atoms with Crippen LogP contribution in [-0.4, -0.2) is 24.9 Å². The van der Waals surface area contributed by atoms with Crippen molar-refractivity contribution in [2.75, 3.05) is 25.1 Å². The molecule has 110 valence electrons. The Balaban J connectivity index is 1.61. The number of hydrogen-bond donors (Lipinski definition) is 2. The van der Waals surface area contributed by atoms with Crippen LogP contribution in [0.25, 0.3) is 0 Å². The highest BCUT2D eigenvalue weighted by Gasteiger charge is 2.11. The van der Waals surface area contributed by atoms with Gasteiger partial charge in [-0.25, -0.2) is 0 Å². The standard InChI is InChI=1S/C17H19NO3/c19-8-7-13-1-4-15(5-2-13)18-12-14-3-6-16-17(11-14)21-10-9-20-16/h1-6,11,18-19H,7-10,12H2. The van der Waals surface area contributed by atoms with Gasteiger partial charge < -0.3 is 19.9 Å². The van der Waals surface area contributed by atoms with Crippen LogP contribution in [0, 0.1) is 0 Å². The lowest BCUT2D eigenvalue weighted by Gasteiger charge is -2.19. The van der Waals surface area contributed by atoms with E-state index < -0.39 is 0 Å². The van der Waals surface area contributed by atoms with Crippen LogP contribution in [0.2, 0.25) is 0 Å². The number of ether oxygens (including phenoxy) is 2. The molecule has 0 radical (unpaired) electrons. The second-order valence-electron chi connectivity index (χ2n) is 5.00. The van der Waals surface area contributed by atoms with E-state index in [9.17, 15) is 0 Å². The lowest BCUT2D eigenvalue weighted by Crippen LogP contribution is -2.15. The van der Waals surface area contributed by atoms with E-state index in [1.54, 1.807) is 0 Å². The summed E-state index contributed by atoms with van der Waals surface area (Å²) in [4.78, 5) is 0. The number of fused-ring (bicyclic) bond motifs is 1. The molecule has 0 atom stereocenters. The number of benzene rings is 2. The highest BCUT2D eigenvalue weighted by atomic mass is 16.6. The molecule has 0 aliphatic carbocycles. The lowest BCUT2D eigenvalue weighted by atomic mass is 10.1. The first-order valence-corrected chi connectivity index (χ1v) is 7.17. The van der Waals surface area contributed by atoms with Crippen LogP contribution >= 0.6 is 0 Å². The van der Waals surface area contributed by atoms with Gasteiger partial charge in [0, 0.05) is 18.8 Å². The van der Waals surface area contributed by atoms with Crippen molar-refractivity contribution in [1.82, 2.24) is 0 Å². The number of aliphatic hydroxyl groups is 1.